The van der Waals surface area contributed by atoms with Crippen molar-refractivity contribution in [1.29, 1.82) is 0 Å². The molecule has 0 aliphatic carbocycles. The van der Waals surface area contributed by atoms with Crippen molar-refractivity contribution in [3.63, 3.8) is 0 Å². The molecule has 2 N–H and O–H groups in total. The van der Waals surface area contributed by atoms with Crippen LogP contribution in [-0.2, 0) is 0 Å². The first-order valence-electron chi connectivity index (χ1n) is 9.70. The lowest BCUT2D eigenvalue weighted by Crippen LogP contribution is -2.44. The van der Waals surface area contributed by atoms with Gasteiger partial charge in [0.05, 0.1) is 12.0 Å². The Balaban J connectivity index is 1.77. The number of urea groups is 1. The summed E-state index contributed by atoms with van der Waals surface area (Å²) < 4.78 is 27.7. The summed E-state index contributed by atoms with van der Waals surface area (Å²) in [7, 11) is 1.63. The molecule has 0 heterocycles. The minimum atomic E-state index is -0.417. The monoisotopic (exact) mass is 440 g/mol. The number of rotatable bonds is 6. The maximum absolute atomic E-state index is 13.8. The Labute approximate surface area is 186 Å². The number of hydrogen-bond donors (Lipinski definition) is 2. The number of benzene rings is 3. The van der Waals surface area contributed by atoms with Crippen LogP contribution in [0, 0.1) is 5.82 Å². The molecule has 0 bridgehead atoms. The molecule has 0 atom stereocenters. The molecule has 162 valence electrons. The fourth-order valence-electron chi connectivity index (χ4n) is 2.76. The highest BCUT2D eigenvalue weighted by Gasteiger charge is 2.15. The van der Waals surface area contributed by atoms with Crippen LogP contribution in [0.2, 0.25) is 0 Å². The molecule has 2 amide bonds. The predicted molar refractivity (Wildman–Crippen MR) is 122 cm³/mol. The van der Waals surface area contributed by atoms with Crippen molar-refractivity contribution in [2.75, 3.05) is 7.11 Å². The van der Waals surface area contributed by atoms with Gasteiger partial charge in [0, 0.05) is 5.54 Å². The maximum atomic E-state index is 13.8. The van der Waals surface area contributed by atoms with Crippen LogP contribution in [0.5, 0.6) is 17.2 Å². The predicted octanol–water partition coefficient (Wildman–Crippen LogP) is 6.40. The molecular formula is C24H25FN2O3S. The van der Waals surface area contributed by atoms with Gasteiger partial charge in [0.1, 0.15) is 23.1 Å². The Hall–Kier alpha value is -3.19. The zero-order chi connectivity index (χ0) is 22.4. The first kappa shape index (κ1) is 22.5. The maximum Gasteiger partial charge on any atom is 0.325 e. The highest BCUT2D eigenvalue weighted by Crippen LogP contribution is 2.34. The molecule has 0 saturated carbocycles. The fraction of sp³-hybridized carbons (Fsp3) is 0.208. The van der Waals surface area contributed by atoms with E-state index in [-0.39, 0.29) is 11.6 Å². The number of methoxy groups -OCH3 is 1. The van der Waals surface area contributed by atoms with Crippen LogP contribution in [-0.4, -0.2) is 18.7 Å². The summed E-state index contributed by atoms with van der Waals surface area (Å²) in [6.07, 6.45) is 0. The van der Waals surface area contributed by atoms with Crippen LogP contribution in [0.25, 0.3) is 11.1 Å². The number of hydrogen-bond acceptors (Lipinski definition) is 4. The van der Waals surface area contributed by atoms with Crippen molar-refractivity contribution in [1.82, 2.24) is 10.0 Å². The van der Waals surface area contributed by atoms with Crippen molar-refractivity contribution in [2.24, 2.45) is 0 Å². The number of ether oxygens (including phenoxy) is 2. The van der Waals surface area contributed by atoms with E-state index >= 15 is 0 Å². The second-order valence-corrected chi connectivity index (χ2v) is 8.71. The SMILES string of the molecule is COc1ccc(-c2cccc(Oc3ccc(F)cc3SNC(=O)NC(C)(C)C)c2)cc1. The van der Waals surface area contributed by atoms with Gasteiger partial charge in [0.2, 0.25) is 0 Å². The van der Waals surface area contributed by atoms with E-state index in [1.54, 1.807) is 13.2 Å². The van der Waals surface area contributed by atoms with E-state index < -0.39 is 5.82 Å². The van der Waals surface area contributed by atoms with E-state index in [2.05, 4.69) is 10.0 Å². The largest absolute Gasteiger partial charge is 0.497 e. The lowest BCUT2D eigenvalue weighted by atomic mass is 10.1. The van der Waals surface area contributed by atoms with E-state index in [1.165, 1.54) is 12.1 Å². The molecule has 0 saturated heterocycles. The first-order chi connectivity index (χ1) is 14.7. The topological polar surface area (TPSA) is 59.6 Å². The Morgan fingerprint density at radius 1 is 0.935 bits per heavy atom. The lowest BCUT2D eigenvalue weighted by Gasteiger charge is -2.20. The van der Waals surface area contributed by atoms with E-state index in [9.17, 15) is 9.18 Å². The van der Waals surface area contributed by atoms with Gasteiger partial charge in [-0.25, -0.2) is 9.18 Å². The van der Waals surface area contributed by atoms with Crippen molar-refractivity contribution in [3.8, 4) is 28.4 Å². The van der Waals surface area contributed by atoms with Gasteiger partial charge in [-0.1, -0.05) is 24.3 Å². The molecule has 7 heteroatoms. The number of halogens is 1. The first-order valence-corrected chi connectivity index (χ1v) is 10.5. The fourth-order valence-corrected chi connectivity index (χ4v) is 3.40. The molecule has 0 fully saturated rings. The third kappa shape index (κ3) is 6.65. The van der Waals surface area contributed by atoms with Crippen molar-refractivity contribution < 1.29 is 18.7 Å². The molecule has 0 aliphatic heterocycles. The van der Waals surface area contributed by atoms with Crippen molar-refractivity contribution in [2.45, 2.75) is 31.2 Å². The average Bonchev–Trinajstić information content (AvgIpc) is 2.73. The standard InChI is InChI=1S/C24H25FN2O3S/c1-24(2,3)26-23(28)27-31-22-15-18(25)10-13-21(22)30-20-7-5-6-17(14-20)16-8-11-19(29-4)12-9-16/h5-15H,1-4H3,(H2,26,27,28). The Morgan fingerprint density at radius 3 is 2.35 bits per heavy atom. The Morgan fingerprint density at radius 2 is 1.68 bits per heavy atom. The van der Waals surface area contributed by atoms with Gasteiger partial charge in [0.25, 0.3) is 0 Å². The molecule has 5 nitrogen and oxygen atoms in total. The average molecular weight is 441 g/mol. The molecule has 3 aromatic carbocycles. The zero-order valence-electron chi connectivity index (χ0n) is 17.9. The number of carbonyl (C=O) groups is 1. The molecular weight excluding hydrogens is 415 g/mol. The van der Waals surface area contributed by atoms with Crippen LogP contribution in [0.15, 0.2) is 71.6 Å². The third-order valence-electron chi connectivity index (χ3n) is 4.13. The normalized spacial score (nSPS) is 11.0. The van der Waals surface area contributed by atoms with Crippen LogP contribution in [0.1, 0.15) is 20.8 Å². The minimum absolute atomic E-state index is 0.366. The molecule has 31 heavy (non-hydrogen) atoms. The van der Waals surface area contributed by atoms with Crippen LogP contribution in [0.3, 0.4) is 0 Å². The lowest BCUT2D eigenvalue weighted by molar-refractivity contribution is 0.238. The van der Waals surface area contributed by atoms with E-state index in [0.29, 0.717) is 16.4 Å². The van der Waals surface area contributed by atoms with Crippen molar-refractivity contribution >= 4 is 18.0 Å². The third-order valence-corrected chi connectivity index (χ3v) is 4.96. The number of amides is 2. The van der Waals surface area contributed by atoms with Crippen LogP contribution in [0.4, 0.5) is 9.18 Å². The smallest absolute Gasteiger partial charge is 0.325 e. The molecule has 0 aliphatic rings. The molecule has 3 aromatic rings. The molecule has 0 aromatic heterocycles. The molecule has 0 spiro atoms. The van der Waals surface area contributed by atoms with Crippen LogP contribution >= 0.6 is 11.9 Å². The highest BCUT2D eigenvalue weighted by atomic mass is 32.2. The number of nitrogens with one attached hydrogen (secondary N) is 2. The zero-order valence-corrected chi connectivity index (χ0v) is 18.7. The summed E-state index contributed by atoms with van der Waals surface area (Å²) in [5, 5.41) is 2.79. The summed E-state index contributed by atoms with van der Waals surface area (Å²) in [5.74, 6) is 1.40. The summed E-state index contributed by atoms with van der Waals surface area (Å²) in [6, 6.07) is 19.1. The molecule has 0 unspecified atom stereocenters. The van der Waals surface area contributed by atoms with Gasteiger partial charge in [-0.2, -0.15) is 0 Å². The van der Waals surface area contributed by atoms with Gasteiger partial charge >= 0.3 is 6.03 Å². The Bertz CT molecular complexity index is 1050. The highest BCUT2D eigenvalue weighted by molar-refractivity contribution is 7.98. The quantitative estimate of drug-likeness (QED) is 0.436. The van der Waals surface area contributed by atoms with Gasteiger partial charge < -0.3 is 14.8 Å². The second kappa shape index (κ2) is 9.75. The van der Waals surface area contributed by atoms with E-state index in [1.807, 2.05) is 69.3 Å². The van der Waals surface area contributed by atoms with E-state index in [0.717, 1.165) is 28.8 Å². The van der Waals surface area contributed by atoms with E-state index in [4.69, 9.17) is 9.47 Å². The molecule has 0 radical (unpaired) electrons. The second-order valence-electron chi connectivity index (χ2n) is 7.86. The molecule has 3 rings (SSSR count). The van der Waals surface area contributed by atoms with Gasteiger partial charge in [-0.15, -0.1) is 0 Å². The summed E-state index contributed by atoms with van der Waals surface area (Å²) >= 11 is 0.993. The summed E-state index contributed by atoms with van der Waals surface area (Å²) in [6.45, 7) is 5.64. The number of carbonyl (C=O) groups excluding carboxylic acids is 1. The van der Waals surface area contributed by atoms with Crippen LogP contribution < -0.4 is 19.5 Å². The van der Waals surface area contributed by atoms with Crippen molar-refractivity contribution in [3.05, 3.63) is 72.5 Å². The van der Waals surface area contributed by atoms with Gasteiger partial charge in [-0.3, -0.25) is 4.72 Å². The minimum Gasteiger partial charge on any atom is -0.497 e. The summed E-state index contributed by atoms with van der Waals surface area (Å²) in [5.41, 5.74) is 1.60. The van der Waals surface area contributed by atoms with Gasteiger partial charge in [0.15, 0.2) is 0 Å². The Kier molecular flexibility index (Phi) is 7.07. The summed E-state index contributed by atoms with van der Waals surface area (Å²) in [4.78, 5) is 12.5. The van der Waals surface area contributed by atoms with Gasteiger partial charge in [-0.05, 0) is 86.3 Å².